The number of rotatable bonds is 2. The summed E-state index contributed by atoms with van der Waals surface area (Å²) >= 11 is 5.88. The Morgan fingerprint density at radius 3 is 2.48 bits per heavy atom. The van der Waals surface area contributed by atoms with Crippen LogP contribution in [0.15, 0.2) is 30.3 Å². The molecule has 0 fully saturated rings. The Morgan fingerprint density at radius 2 is 1.95 bits per heavy atom. The van der Waals surface area contributed by atoms with E-state index < -0.39 is 12.1 Å². The fourth-order valence-corrected chi connectivity index (χ4v) is 2.75. The summed E-state index contributed by atoms with van der Waals surface area (Å²) in [5.41, 5.74) is 0.456. The van der Waals surface area contributed by atoms with Gasteiger partial charge in [0, 0.05) is 5.69 Å². The summed E-state index contributed by atoms with van der Waals surface area (Å²) in [6, 6.07) is 9.99. The molecule has 0 radical (unpaired) electrons. The molecule has 2 aromatic rings. The van der Waals surface area contributed by atoms with E-state index in [0.717, 1.165) is 11.3 Å². The van der Waals surface area contributed by atoms with Gasteiger partial charge in [0.15, 0.2) is 3.95 Å². The van der Waals surface area contributed by atoms with Crippen LogP contribution in [0.3, 0.4) is 0 Å². The highest BCUT2D eigenvalue weighted by Crippen LogP contribution is 2.29. The normalized spacial score (nSPS) is 11.0. The van der Waals surface area contributed by atoms with Crippen LogP contribution in [0.4, 0.5) is 19.0 Å². The molecule has 108 valence electrons. The summed E-state index contributed by atoms with van der Waals surface area (Å²) in [4.78, 5) is 11.0. The lowest BCUT2D eigenvalue weighted by Crippen LogP contribution is -2.31. The van der Waals surface area contributed by atoms with E-state index in [-0.39, 0.29) is 14.6 Å². The van der Waals surface area contributed by atoms with Crippen molar-refractivity contribution in [2.75, 3.05) is 5.32 Å². The van der Waals surface area contributed by atoms with Crippen LogP contribution in [0.25, 0.3) is 5.69 Å². The SMILES string of the molecule is N#Cc1sc(=S)n(-c2ccccc2)c1NC(=O)C(F)(F)F. The zero-order valence-electron chi connectivity index (χ0n) is 10.1. The molecule has 0 aliphatic carbocycles. The van der Waals surface area contributed by atoms with E-state index in [2.05, 4.69) is 0 Å². The molecular weight excluding hydrogens is 323 g/mol. The maximum Gasteiger partial charge on any atom is 0.471 e. The monoisotopic (exact) mass is 329 g/mol. The van der Waals surface area contributed by atoms with Crippen molar-refractivity contribution in [1.82, 2.24) is 4.57 Å². The molecule has 1 N–H and O–H groups in total. The third-order valence-electron chi connectivity index (χ3n) is 2.42. The molecule has 1 amide bonds. The van der Waals surface area contributed by atoms with Gasteiger partial charge < -0.3 is 5.32 Å². The van der Waals surface area contributed by atoms with Gasteiger partial charge in [-0.1, -0.05) is 29.5 Å². The minimum Gasteiger partial charge on any atom is -0.302 e. The van der Waals surface area contributed by atoms with Crippen LogP contribution in [0.1, 0.15) is 4.88 Å². The topological polar surface area (TPSA) is 57.8 Å². The summed E-state index contributed by atoms with van der Waals surface area (Å²) in [6.45, 7) is 0. The standard InChI is InChI=1S/C12H6F3N3OS2/c13-12(14,15)10(19)17-9-8(6-16)21-11(20)18(9)7-4-2-1-3-5-7/h1-5H,(H,17,19). The van der Waals surface area contributed by atoms with Crippen molar-refractivity contribution >= 4 is 35.3 Å². The Hall–Kier alpha value is -2.18. The number of alkyl halides is 3. The number of carbonyl (C=O) groups excluding carboxylic acids is 1. The van der Waals surface area contributed by atoms with Crippen molar-refractivity contribution in [3.8, 4) is 11.8 Å². The zero-order valence-corrected chi connectivity index (χ0v) is 11.8. The molecule has 4 nitrogen and oxygen atoms in total. The molecule has 1 aromatic carbocycles. The van der Waals surface area contributed by atoms with Gasteiger partial charge in [0.05, 0.1) is 0 Å². The van der Waals surface area contributed by atoms with Gasteiger partial charge in [-0.25, -0.2) is 0 Å². The zero-order chi connectivity index (χ0) is 15.6. The number of anilines is 1. The first-order valence-corrected chi connectivity index (χ1v) is 6.66. The Kier molecular flexibility index (Phi) is 4.11. The molecule has 0 aliphatic rings. The second kappa shape index (κ2) is 5.67. The lowest BCUT2D eigenvalue weighted by atomic mass is 10.3. The van der Waals surface area contributed by atoms with Crippen molar-refractivity contribution in [3.63, 3.8) is 0 Å². The minimum absolute atomic E-state index is 0.0959. The van der Waals surface area contributed by atoms with Gasteiger partial charge in [-0.3, -0.25) is 9.36 Å². The van der Waals surface area contributed by atoms with Crippen LogP contribution < -0.4 is 5.32 Å². The predicted octanol–water partition coefficient (Wildman–Crippen LogP) is 3.64. The summed E-state index contributed by atoms with van der Waals surface area (Å²) in [7, 11) is 0. The highest BCUT2D eigenvalue weighted by molar-refractivity contribution is 7.73. The first-order chi connectivity index (χ1) is 9.84. The summed E-state index contributed by atoms with van der Waals surface area (Å²) in [5, 5.41) is 10.7. The quantitative estimate of drug-likeness (QED) is 0.856. The summed E-state index contributed by atoms with van der Waals surface area (Å²) in [5.74, 6) is -2.43. The molecule has 0 aliphatic heterocycles. The second-order valence-electron chi connectivity index (χ2n) is 3.78. The van der Waals surface area contributed by atoms with Crippen molar-refractivity contribution in [1.29, 1.82) is 5.26 Å². The Balaban J connectivity index is 2.58. The van der Waals surface area contributed by atoms with Crippen LogP contribution in [0.2, 0.25) is 0 Å². The molecule has 0 spiro atoms. The molecule has 2 rings (SSSR count). The van der Waals surface area contributed by atoms with E-state index in [9.17, 15) is 18.0 Å². The number of nitrogens with zero attached hydrogens (tertiary/aromatic N) is 2. The van der Waals surface area contributed by atoms with Crippen LogP contribution in [0, 0.1) is 15.3 Å². The summed E-state index contributed by atoms with van der Waals surface area (Å²) in [6.07, 6.45) is -5.05. The maximum atomic E-state index is 12.4. The van der Waals surface area contributed by atoms with E-state index in [1.54, 1.807) is 41.7 Å². The predicted molar refractivity (Wildman–Crippen MR) is 73.9 cm³/mol. The number of halogens is 3. The smallest absolute Gasteiger partial charge is 0.302 e. The van der Waals surface area contributed by atoms with Crippen LogP contribution in [0.5, 0.6) is 0 Å². The highest BCUT2D eigenvalue weighted by atomic mass is 32.1. The molecule has 0 unspecified atom stereocenters. The van der Waals surface area contributed by atoms with E-state index in [1.165, 1.54) is 4.57 Å². The number of nitriles is 1. The van der Waals surface area contributed by atoms with Gasteiger partial charge in [0.2, 0.25) is 0 Å². The number of nitrogens with one attached hydrogen (secondary N) is 1. The van der Waals surface area contributed by atoms with Gasteiger partial charge in [0.25, 0.3) is 0 Å². The molecule has 1 aromatic heterocycles. The Bertz CT molecular complexity index is 772. The highest BCUT2D eigenvalue weighted by Gasteiger charge is 2.39. The number of amides is 1. The third kappa shape index (κ3) is 3.12. The number of carbonyl (C=O) groups is 1. The number of thiazole rings is 1. The average molecular weight is 329 g/mol. The third-order valence-corrected chi connectivity index (χ3v) is 3.69. The fourth-order valence-electron chi connectivity index (χ4n) is 1.55. The van der Waals surface area contributed by atoms with Crippen molar-refractivity contribution < 1.29 is 18.0 Å². The number of para-hydroxylation sites is 1. The molecule has 0 saturated heterocycles. The number of hydrogen-bond acceptors (Lipinski definition) is 4. The molecule has 0 bridgehead atoms. The number of aromatic nitrogens is 1. The second-order valence-corrected chi connectivity index (χ2v) is 5.42. The van der Waals surface area contributed by atoms with E-state index >= 15 is 0 Å². The van der Waals surface area contributed by atoms with Crippen LogP contribution >= 0.6 is 23.6 Å². The maximum absolute atomic E-state index is 12.4. The Morgan fingerprint density at radius 1 is 1.33 bits per heavy atom. The van der Waals surface area contributed by atoms with Crippen LogP contribution in [-0.4, -0.2) is 16.7 Å². The fraction of sp³-hybridized carbons (Fsp3) is 0.0833. The molecule has 21 heavy (non-hydrogen) atoms. The lowest BCUT2D eigenvalue weighted by molar-refractivity contribution is -0.167. The summed E-state index contributed by atoms with van der Waals surface area (Å²) < 4.78 is 38.5. The first kappa shape index (κ1) is 15.2. The van der Waals surface area contributed by atoms with Gasteiger partial charge in [-0.05, 0) is 24.4 Å². The van der Waals surface area contributed by atoms with E-state index in [1.807, 2.05) is 0 Å². The Labute approximate surface area is 126 Å². The van der Waals surface area contributed by atoms with Crippen molar-refractivity contribution in [2.45, 2.75) is 6.18 Å². The number of benzene rings is 1. The van der Waals surface area contributed by atoms with E-state index in [4.69, 9.17) is 17.5 Å². The van der Waals surface area contributed by atoms with Gasteiger partial charge in [-0.15, -0.1) is 0 Å². The largest absolute Gasteiger partial charge is 0.471 e. The average Bonchev–Trinajstić information content (AvgIpc) is 2.74. The van der Waals surface area contributed by atoms with Gasteiger partial charge in [0.1, 0.15) is 16.8 Å². The van der Waals surface area contributed by atoms with Crippen molar-refractivity contribution in [3.05, 3.63) is 39.2 Å². The molecule has 0 saturated carbocycles. The van der Waals surface area contributed by atoms with Gasteiger partial charge in [-0.2, -0.15) is 18.4 Å². The van der Waals surface area contributed by atoms with Crippen LogP contribution in [-0.2, 0) is 4.79 Å². The first-order valence-electron chi connectivity index (χ1n) is 5.44. The molecular formula is C12H6F3N3OS2. The van der Waals surface area contributed by atoms with Gasteiger partial charge >= 0.3 is 12.1 Å². The van der Waals surface area contributed by atoms with Crippen molar-refractivity contribution in [2.24, 2.45) is 0 Å². The molecule has 0 atom stereocenters. The lowest BCUT2D eigenvalue weighted by Gasteiger charge is -2.11. The molecule has 9 heteroatoms. The van der Waals surface area contributed by atoms with E-state index in [0.29, 0.717) is 5.69 Å². The minimum atomic E-state index is -5.05. The number of hydrogen-bond donors (Lipinski definition) is 1. The molecule has 1 heterocycles.